The fourth-order valence-electron chi connectivity index (χ4n) is 2.39. The van der Waals surface area contributed by atoms with E-state index in [1.54, 1.807) is 17.9 Å². The number of non-ortho nitro benzene ring substituents is 1. The molecule has 2 rings (SSSR count). The minimum absolute atomic E-state index is 0.0900. The maximum Gasteiger partial charge on any atom is 0.270 e. The summed E-state index contributed by atoms with van der Waals surface area (Å²) in [4.78, 5) is 24.4. The van der Waals surface area contributed by atoms with Crippen molar-refractivity contribution in [3.05, 3.63) is 39.4 Å². The van der Waals surface area contributed by atoms with Crippen LogP contribution in [-0.2, 0) is 0 Å². The van der Waals surface area contributed by atoms with Crippen LogP contribution in [0.2, 0.25) is 0 Å². The van der Waals surface area contributed by atoms with Gasteiger partial charge in [-0.1, -0.05) is 6.07 Å². The predicted octanol–water partition coefficient (Wildman–Crippen LogP) is 2.28. The lowest BCUT2D eigenvalue weighted by Gasteiger charge is -2.30. The van der Waals surface area contributed by atoms with E-state index in [0.29, 0.717) is 24.2 Å². The van der Waals surface area contributed by atoms with Crippen molar-refractivity contribution in [3.63, 3.8) is 0 Å². The van der Waals surface area contributed by atoms with Crippen molar-refractivity contribution in [1.29, 1.82) is 5.26 Å². The van der Waals surface area contributed by atoms with Gasteiger partial charge in [0.2, 0.25) is 0 Å². The zero-order valence-corrected chi connectivity index (χ0v) is 11.2. The maximum absolute atomic E-state index is 12.5. The van der Waals surface area contributed by atoms with Crippen molar-refractivity contribution >= 4 is 11.6 Å². The summed E-state index contributed by atoms with van der Waals surface area (Å²) in [6.45, 7) is 2.75. The number of carbonyl (C=O) groups excluding carboxylic acids is 1. The first-order valence-corrected chi connectivity index (χ1v) is 6.47. The summed E-state index contributed by atoms with van der Waals surface area (Å²) in [7, 11) is 0. The van der Waals surface area contributed by atoms with Gasteiger partial charge >= 0.3 is 0 Å². The summed E-state index contributed by atoms with van der Waals surface area (Å²) in [5, 5.41) is 19.8. The fourth-order valence-corrected chi connectivity index (χ4v) is 2.39. The molecule has 0 spiro atoms. The van der Waals surface area contributed by atoms with Crippen LogP contribution in [0.4, 0.5) is 5.69 Å². The van der Waals surface area contributed by atoms with Crippen LogP contribution in [0.15, 0.2) is 18.2 Å². The molecule has 0 saturated carbocycles. The molecule has 0 N–H and O–H groups in total. The molecule has 1 aliphatic rings. The molecule has 1 heterocycles. The van der Waals surface area contributed by atoms with Gasteiger partial charge in [0.05, 0.1) is 16.9 Å². The topological polar surface area (TPSA) is 87.2 Å². The summed E-state index contributed by atoms with van der Waals surface area (Å²) in [6.07, 6.45) is 1.59. The molecule has 1 aliphatic heterocycles. The van der Waals surface area contributed by atoms with E-state index in [1.165, 1.54) is 12.1 Å². The first-order valence-electron chi connectivity index (χ1n) is 6.47. The number of nitro benzene ring substituents is 1. The molecule has 0 aliphatic carbocycles. The Morgan fingerprint density at radius 3 is 2.95 bits per heavy atom. The van der Waals surface area contributed by atoms with Crippen molar-refractivity contribution in [2.45, 2.75) is 19.8 Å². The van der Waals surface area contributed by atoms with Crippen LogP contribution < -0.4 is 0 Å². The number of aryl methyl sites for hydroxylation is 1. The zero-order valence-electron chi connectivity index (χ0n) is 11.2. The summed E-state index contributed by atoms with van der Waals surface area (Å²) in [5.41, 5.74) is 0.963. The first-order chi connectivity index (χ1) is 9.52. The highest BCUT2D eigenvalue weighted by molar-refractivity contribution is 5.96. The minimum atomic E-state index is -0.509. The van der Waals surface area contributed by atoms with E-state index in [9.17, 15) is 14.9 Å². The third kappa shape index (κ3) is 2.77. The Morgan fingerprint density at radius 1 is 1.55 bits per heavy atom. The smallest absolute Gasteiger partial charge is 0.270 e. The monoisotopic (exact) mass is 273 g/mol. The molecule has 1 saturated heterocycles. The number of nitrogens with zero attached hydrogens (tertiary/aromatic N) is 3. The van der Waals surface area contributed by atoms with Gasteiger partial charge in [0.15, 0.2) is 0 Å². The highest BCUT2D eigenvalue weighted by Crippen LogP contribution is 2.22. The number of piperidine rings is 1. The van der Waals surface area contributed by atoms with E-state index in [1.807, 2.05) is 0 Å². The number of likely N-dealkylation sites (tertiary alicyclic amines) is 1. The van der Waals surface area contributed by atoms with Crippen molar-refractivity contribution < 1.29 is 9.72 Å². The van der Waals surface area contributed by atoms with Gasteiger partial charge in [0.25, 0.3) is 11.6 Å². The number of nitriles is 1. The second-order valence-corrected chi connectivity index (χ2v) is 4.98. The number of rotatable bonds is 2. The Balaban J connectivity index is 2.26. The molecule has 1 amide bonds. The Bertz CT molecular complexity index is 592. The molecule has 1 fully saturated rings. The van der Waals surface area contributed by atoms with E-state index < -0.39 is 4.92 Å². The molecule has 1 aromatic carbocycles. The third-order valence-corrected chi connectivity index (χ3v) is 3.55. The van der Waals surface area contributed by atoms with Crippen LogP contribution >= 0.6 is 0 Å². The molecule has 0 radical (unpaired) electrons. The van der Waals surface area contributed by atoms with Crippen molar-refractivity contribution in [2.24, 2.45) is 5.92 Å². The minimum Gasteiger partial charge on any atom is -0.337 e. The lowest BCUT2D eigenvalue weighted by molar-refractivity contribution is -0.384. The van der Waals surface area contributed by atoms with Gasteiger partial charge < -0.3 is 4.90 Å². The highest BCUT2D eigenvalue weighted by atomic mass is 16.6. The largest absolute Gasteiger partial charge is 0.337 e. The van der Waals surface area contributed by atoms with E-state index in [-0.39, 0.29) is 17.5 Å². The standard InChI is InChI=1S/C14H15N3O3/c1-10-4-5-12(17(19)20)7-13(10)14(18)16-6-2-3-11(8-15)9-16/h4-5,7,11H,2-3,6,9H2,1H3. The molecule has 20 heavy (non-hydrogen) atoms. The van der Waals surface area contributed by atoms with E-state index in [0.717, 1.165) is 12.8 Å². The first kappa shape index (κ1) is 14.0. The van der Waals surface area contributed by atoms with Gasteiger partial charge in [-0.15, -0.1) is 0 Å². The molecule has 1 aromatic rings. The number of amides is 1. The molecule has 6 heteroatoms. The van der Waals surface area contributed by atoms with Crippen molar-refractivity contribution in [3.8, 4) is 6.07 Å². The summed E-state index contributed by atoms with van der Waals surface area (Å²) in [6, 6.07) is 6.47. The van der Waals surface area contributed by atoms with Gasteiger partial charge in [-0.2, -0.15) is 5.26 Å². The van der Waals surface area contributed by atoms with Crippen molar-refractivity contribution in [1.82, 2.24) is 4.90 Å². The van der Waals surface area contributed by atoms with Crippen LogP contribution in [-0.4, -0.2) is 28.8 Å². The van der Waals surface area contributed by atoms with E-state index >= 15 is 0 Å². The summed E-state index contributed by atoms with van der Waals surface area (Å²) < 4.78 is 0. The molecule has 0 bridgehead atoms. The van der Waals surface area contributed by atoms with Gasteiger partial charge in [-0.3, -0.25) is 14.9 Å². The molecular formula is C14H15N3O3. The van der Waals surface area contributed by atoms with Gasteiger partial charge in [-0.25, -0.2) is 0 Å². The fraction of sp³-hybridized carbons (Fsp3) is 0.429. The van der Waals surface area contributed by atoms with Gasteiger partial charge in [-0.05, 0) is 25.3 Å². The quantitative estimate of drug-likeness (QED) is 0.611. The summed E-state index contributed by atoms with van der Waals surface area (Å²) >= 11 is 0. The molecule has 0 aromatic heterocycles. The van der Waals surface area contributed by atoms with Crippen LogP contribution in [0.3, 0.4) is 0 Å². The van der Waals surface area contributed by atoms with Gasteiger partial charge in [0.1, 0.15) is 0 Å². The molecule has 1 atom stereocenters. The summed E-state index contributed by atoms with van der Waals surface area (Å²) in [5.74, 6) is -0.377. The van der Waals surface area contributed by atoms with E-state index in [2.05, 4.69) is 6.07 Å². The Labute approximate surface area is 116 Å². The predicted molar refractivity (Wildman–Crippen MR) is 72.1 cm³/mol. The van der Waals surface area contributed by atoms with Crippen LogP contribution in [0.5, 0.6) is 0 Å². The number of hydrogen-bond donors (Lipinski definition) is 0. The Kier molecular flexibility index (Phi) is 3.99. The number of nitro groups is 1. The second kappa shape index (κ2) is 5.70. The van der Waals surface area contributed by atoms with Crippen LogP contribution in [0.1, 0.15) is 28.8 Å². The number of carbonyl (C=O) groups is 1. The van der Waals surface area contributed by atoms with Crippen LogP contribution in [0, 0.1) is 34.3 Å². The van der Waals surface area contributed by atoms with E-state index in [4.69, 9.17) is 5.26 Å². The highest BCUT2D eigenvalue weighted by Gasteiger charge is 2.26. The molecule has 1 unspecified atom stereocenters. The average molecular weight is 273 g/mol. The van der Waals surface area contributed by atoms with Crippen LogP contribution in [0.25, 0.3) is 0 Å². The third-order valence-electron chi connectivity index (χ3n) is 3.55. The Hall–Kier alpha value is -2.42. The lowest BCUT2D eigenvalue weighted by atomic mass is 9.98. The van der Waals surface area contributed by atoms with Gasteiger partial charge in [0, 0.05) is 30.8 Å². The normalized spacial score (nSPS) is 18.4. The lowest BCUT2D eigenvalue weighted by Crippen LogP contribution is -2.39. The zero-order chi connectivity index (χ0) is 14.7. The van der Waals surface area contributed by atoms with Crippen molar-refractivity contribution in [2.75, 3.05) is 13.1 Å². The molecule has 104 valence electrons. The second-order valence-electron chi connectivity index (χ2n) is 4.98. The molecule has 6 nitrogen and oxygen atoms in total. The maximum atomic E-state index is 12.5. The molecular weight excluding hydrogens is 258 g/mol. The Morgan fingerprint density at radius 2 is 2.30 bits per heavy atom. The number of benzene rings is 1. The number of hydrogen-bond acceptors (Lipinski definition) is 4. The average Bonchev–Trinajstić information content (AvgIpc) is 2.46. The SMILES string of the molecule is Cc1ccc([N+](=O)[O-])cc1C(=O)N1CCCC(C#N)C1.